The molecule has 0 saturated carbocycles. The fourth-order valence-electron chi connectivity index (χ4n) is 3.29. The van der Waals surface area contributed by atoms with Crippen molar-refractivity contribution in [1.82, 2.24) is 9.62 Å². The Morgan fingerprint density at radius 3 is 2.48 bits per heavy atom. The first-order valence-corrected chi connectivity index (χ1v) is 11.2. The third kappa shape index (κ3) is 4.78. The monoisotopic (exact) mass is 450 g/mol. The molecule has 3 rings (SSSR count). The number of carbonyl (C=O) groups excluding carboxylic acids is 1. The molecule has 144 valence electrons. The predicted octanol–water partition coefficient (Wildman–Crippen LogP) is 3.73. The van der Waals surface area contributed by atoms with Gasteiger partial charge in [-0.2, -0.15) is 4.31 Å². The van der Waals surface area contributed by atoms with Crippen LogP contribution in [0, 0.1) is 5.92 Å². The van der Waals surface area contributed by atoms with Crippen LogP contribution in [0.4, 0.5) is 0 Å². The summed E-state index contributed by atoms with van der Waals surface area (Å²) < 4.78 is 28.0. The van der Waals surface area contributed by atoms with Gasteiger partial charge in [0.2, 0.25) is 15.9 Å². The van der Waals surface area contributed by atoms with Crippen LogP contribution in [0.5, 0.6) is 0 Å². The largest absolute Gasteiger partial charge is 0.349 e. The number of hydrogen-bond donors (Lipinski definition) is 1. The molecule has 1 N–H and O–H groups in total. The number of benzene rings is 2. The van der Waals surface area contributed by atoms with Crippen molar-refractivity contribution in [3.05, 3.63) is 64.6 Å². The summed E-state index contributed by atoms with van der Waals surface area (Å²) in [6, 6.07) is 16.2. The van der Waals surface area contributed by atoms with E-state index in [4.69, 9.17) is 0 Å². The summed E-state index contributed by atoms with van der Waals surface area (Å²) in [4.78, 5) is 13.0. The van der Waals surface area contributed by atoms with E-state index < -0.39 is 10.0 Å². The zero-order valence-corrected chi connectivity index (χ0v) is 17.5. The van der Waals surface area contributed by atoms with Gasteiger partial charge < -0.3 is 5.32 Å². The van der Waals surface area contributed by atoms with Crippen molar-refractivity contribution in [3.63, 3.8) is 0 Å². The lowest BCUT2D eigenvalue weighted by Crippen LogP contribution is -2.45. The van der Waals surface area contributed by atoms with Crippen LogP contribution < -0.4 is 5.32 Å². The first-order valence-electron chi connectivity index (χ1n) is 8.99. The summed E-state index contributed by atoms with van der Waals surface area (Å²) >= 11 is 3.32. The van der Waals surface area contributed by atoms with E-state index in [-0.39, 0.29) is 29.3 Å². The summed E-state index contributed by atoms with van der Waals surface area (Å²) in [5.74, 6) is -0.433. The zero-order valence-electron chi connectivity index (χ0n) is 15.1. The Bertz CT molecular complexity index is 885. The number of hydrogen-bond acceptors (Lipinski definition) is 3. The van der Waals surface area contributed by atoms with Crippen molar-refractivity contribution >= 4 is 31.9 Å². The van der Waals surface area contributed by atoms with Gasteiger partial charge in [-0.05, 0) is 49.6 Å². The molecule has 1 aliphatic heterocycles. The molecule has 0 spiro atoms. The van der Waals surface area contributed by atoms with E-state index in [2.05, 4.69) is 21.2 Å². The summed E-state index contributed by atoms with van der Waals surface area (Å²) in [5.41, 5.74) is 1.03. The number of sulfonamides is 1. The van der Waals surface area contributed by atoms with Crippen LogP contribution in [0.1, 0.15) is 31.4 Å². The molecule has 0 bridgehead atoms. The Kier molecular flexibility index (Phi) is 6.34. The molecule has 1 heterocycles. The van der Waals surface area contributed by atoms with Crippen LogP contribution in [0.3, 0.4) is 0 Å². The highest BCUT2D eigenvalue weighted by Gasteiger charge is 2.33. The molecule has 1 amide bonds. The molecular formula is C20H23BrN2O3S. The molecule has 2 aromatic carbocycles. The fourth-order valence-corrected chi connectivity index (χ4v) is 5.07. The first kappa shape index (κ1) is 20.0. The van der Waals surface area contributed by atoms with Gasteiger partial charge in [0.1, 0.15) is 0 Å². The fraction of sp³-hybridized carbons (Fsp3) is 0.350. The van der Waals surface area contributed by atoms with E-state index in [0.717, 1.165) is 10.0 Å². The third-order valence-electron chi connectivity index (χ3n) is 4.86. The molecular weight excluding hydrogens is 428 g/mol. The highest BCUT2D eigenvalue weighted by atomic mass is 79.9. The smallest absolute Gasteiger partial charge is 0.243 e. The van der Waals surface area contributed by atoms with Gasteiger partial charge >= 0.3 is 0 Å². The standard InChI is InChI=1S/C20H23BrN2O3S/c1-15(16-6-3-2-4-7-16)22-20(24)17-8-5-13-23(14-17)27(25,26)19-11-9-18(21)10-12-19/h2-4,6-7,9-12,15,17H,5,8,13-14H2,1H3,(H,22,24)/t15-,17+/m1/s1. The SMILES string of the molecule is C[C@@H](NC(=O)[C@H]1CCCN(S(=O)(=O)c2ccc(Br)cc2)C1)c1ccccc1. The van der Waals surface area contributed by atoms with Gasteiger partial charge in [0.05, 0.1) is 16.9 Å². The number of nitrogens with one attached hydrogen (secondary N) is 1. The maximum Gasteiger partial charge on any atom is 0.243 e. The lowest BCUT2D eigenvalue weighted by molar-refractivity contribution is -0.126. The van der Waals surface area contributed by atoms with Crippen LogP contribution in [-0.2, 0) is 14.8 Å². The van der Waals surface area contributed by atoms with Gasteiger partial charge in [-0.25, -0.2) is 8.42 Å². The number of carbonyl (C=O) groups is 1. The van der Waals surface area contributed by atoms with E-state index >= 15 is 0 Å². The van der Waals surface area contributed by atoms with Gasteiger partial charge in [0.25, 0.3) is 0 Å². The minimum Gasteiger partial charge on any atom is -0.349 e. The quantitative estimate of drug-likeness (QED) is 0.754. The summed E-state index contributed by atoms with van der Waals surface area (Å²) in [6.45, 7) is 2.59. The maximum absolute atomic E-state index is 12.9. The molecule has 0 aliphatic carbocycles. The lowest BCUT2D eigenvalue weighted by Gasteiger charge is -2.32. The Hall–Kier alpha value is -1.70. The second kappa shape index (κ2) is 8.54. The first-order chi connectivity index (χ1) is 12.9. The highest BCUT2D eigenvalue weighted by Crippen LogP contribution is 2.25. The molecule has 0 unspecified atom stereocenters. The molecule has 2 aromatic rings. The minimum absolute atomic E-state index is 0.0953. The average molecular weight is 451 g/mol. The molecule has 1 saturated heterocycles. The number of amides is 1. The summed E-state index contributed by atoms with van der Waals surface area (Å²) in [6.07, 6.45) is 1.37. The van der Waals surface area contributed by atoms with E-state index in [9.17, 15) is 13.2 Å². The van der Waals surface area contributed by atoms with Gasteiger partial charge in [-0.3, -0.25) is 4.79 Å². The Labute approximate surface area is 169 Å². The van der Waals surface area contributed by atoms with E-state index in [1.807, 2.05) is 37.3 Å². The van der Waals surface area contributed by atoms with Crippen molar-refractivity contribution in [2.45, 2.75) is 30.7 Å². The second-order valence-electron chi connectivity index (χ2n) is 6.80. The van der Waals surface area contributed by atoms with Crippen LogP contribution in [-0.4, -0.2) is 31.7 Å². The Morgan fingerprint density at radius 1 is 1.15 bits per heavy atom. The van der Waals surface area contributed by atoms with Crippen molar-refractivity contribution in [3.8, 4) is 0 Å². The number of halogens is 1. The number of rotatable bonds is 5. The van der Waals surface area contributed by atoms with E-state index in [0.29, 0.717) is 19.4 Å². The van der Waals surface area contributed by atoms with Gasteiger partial charge in [-0.1, -0.05) is 46.3 Å². The molecule has 0 radical (unpaired) electrons. The van der Waals surface area contributed by atoms with Crippen LogP contribution >= 0.6 is 15.9 Å². The van der Waals surface area contributed by atoms with E-state index in [1.54, 1.807) is 24.3 Å². The molecule has 0 aromatic heterocycles. The molecule has 5 nitrogen and oxygen atoms in total. The van der Waals surface area contributed by atoms with Crippen molar-refractivity contribution in [2.75, 3.05) is 13.1 Å². The van der Waals surface area contributed by atoms with Crippen molar-refractivity contribution in [1.29, 1.82) is 0 Å². The maximum atomic E-state index is 12.9. The number of nitrogens with zero attached hydrogens (tertiary/aromatic N) is 1. The minimum atomic E-state index is -3.59. The normalized spacial score (nSPS) is 19.4. The van der Waals surface area contributed by atoms with Gasteiger partial charge in [0.15, 0.2) is 0 Å². The van der Waals surface area contributed by atoms with Gasteiger partial charge in [0, 0.05) is 17.6 Å². The van der Waals surface area contributed by atoms with Crippen molar-refractivity contribution < 1.29 is 13.2 Å². The lowest BCUT2D eigenvalue weighted by atomic mass is 9.98. The Morgan fingerprint density at radius 2 is 1.81 bits per heavy atom. The molecule has 1 fully saturated rings. The molecule has 1 aliphatic rings. The zero-order chi connectivity index (χ0) is 19.4. The summed E-state index contributed by atoms with van der Waals surface area (Å²) in [5, 5.41) is 3.02. The molecule has 27 heavy (non-hydrogen) atoms. The van der Waals surface area contributed by atoms with Crippen LogP contribution in [0.15, 0.2) is 64.0 Å². The summed E-state index contributed by atoms with van der Waals surface area (Å²) in [7, 11) is -3.59. The molecule has 7 heteroatoms. The predicted molar refractivity (Wildman–Crippen MR) is 109 cm³/mol. The Balaban J connectivity index is 1.68. The average Bonchev–Trinajstić information content (AvgIpc) is 2.69. The van der Waals surface area contributed by atoms with Gasteiger partial charge in [-0.15, -0.1) is 0 Å². The highest BCUT2D eigenvalue weighted by molar-refractivity contribution is 9.10. The second-order valence-corrected chi connectivity index (χ2v) is 9.65. The third-order valence-corrected chi connectivity index (χ3v) is 7.27. The topological polar surface area (TPSA) is 66.5 Å². The van der Waals surface area contributed by atoms with E-state index in [1.165, 1.54) is 4.31 Å². The van der Waals surface area contributed by atoms with Crippen LogP contribution in [0.2, 0.25) is 0 Å². The van der Waals surface area contributed by atoms with Crippen LogP contribution in [0.25, 0.3) is 0 Å². The van der Waals surface area contributed by atoms with Crippen molar-refractivity contribution in [2.24, 2.45) is 5.92 Å². The number of piperidine rings is 1. The molecule has 2 atom stereocenters.